The van der Waals surface area contributed by atoms with Crippen molar-refractivity contribution in [3.63, 3.8) is 0 Å². The first-order chi connectivity index (χ1) is 17.0. The summed E-state index contributed by atoms with van der Waals surface area (Å²) in [7, 11) is 1.67. The molecule has 1 amide bonds. The molecule has 2 aliphatic heterocycles. The molecule has 0 unspecified atom stereocenters. The molecule has 2 aliphatic rings. The van der Waals surface area contributed by atoms with Crippen LogP contribution in [0.3, 0.4) is 0 Å². The Labute approximate surface area is 210 Å². The van der Waals surface area contributed by atoms with Crippen LogP contribution in [0.4, 0.5) is 10.1 Å². The Morgan fingerprint density at radius 1 is 1.11 bits per heavy atom. The van der Waals surface area contributed by atoms with Crippen LogP contribution < -0.4 is 15.0 Å². The second kappa shape index (κ2) is 10.3. The van der Waals surface area contributed by atoms with Gasteiger partial charge in [0.25, 0.3) is 0 Å². The number of nitrogens with zero attached hydrogens (tertiary/aromatic N) is 2. The molecule has 3 aromatic rings. The topological polar surface area (TPSA) is 44.8 Å². The predicted octanol–water partition coefficient (Wildman–Crippen LogP) is 4.67. The number of rotatable bonds is 6. The van der Waals surface area contributed by atoms with E-state index in [9.17, 15) is 9.18 Å². The first kappa shape index (κ1) is 23.6. The van der Waals surface area contributed by atoms with Crippen molar-refractivity contribution >= 4 is 23.2 Å². The van der Waals surface area contributed by atoms with Gasteiger partial charge in [-0.2, -0.15) is 0 Å². The Balaban J connectivity index is 1.38. The quantitative estimate of drug-likeness (QED) is 0.542. The average molecular weight is 494 g/mol. The zero-order valence-electron chi connectivity index (χ0n) is 19.7. The van der Waals surface area contributed by atoms with Gasteiger partial charge in [-0.1, -0.05) is 48.0 Å². The molecule has 0 radical (unpaired) electrons. The van der Waals surface area contributed by atoms with Crippen molar-refractivity contribution in [1.29, 1.82) is 0 Å². The molecule has 2 atom stereocenters. The molecule has 2 heterocycles. The molecule has 35 heavy (non-hydrogen) atoms. The maximum absolute atomic E-state index is 14.1. The van der Waals surface area contributed by atoms with E-state index in [0.29, 0.717) is 12.0 Å². The van der Waals surface area contributed by atoms with Gasteiger partial charge in [-0.05, 0) is 41.8 Å². The highest BCUT2D eigenvalue weighted by atomic mass is 35.5. The lowest BCUT2D eigenvalue weighted by atomic mass is 9.83. The molecular weight excluding hydrogens is 465 g/mol. The van der Waals surface area contributed by atoms with E-state index in [-0.39, 0.29) is 30.2 Å². The number of benzene rings is 3. The number of carbonyl (C=O) groups excluding carboxylic acids is 1. The number of hydrogen-bond donors (Lipinski definition) is 1. The maximum atomic E-state index is 14.1. The zero-order valence-corrected chi connectivity index (χ0v) is 20.5. The monoisotopic (exact) mass is 493 g/mol. The SMILES string of the molecule is COc1ccc2c(c1)N1CCN(Cc3ccc(Cl)cc3)C[C@H]1[C@H](C(=O)NCc1ccccc1F)C2. The lowest BCUT2D eigenvalue weighted by molar-refractivity contribution is -0.126. The molecule has 1 N–H and O–H groups in total. The van der Waals surface area contributed by atoms with Crippen LogP contribution >= 0.6 is 11.6 Å². The van der Waals surface area contributed by atoms with E-state index in [1.165, 1.54) is 11.6 Å². The molecule has 0 spiro atoms. The number of piperazine rings is 1. The highest BCUT2D eigenvalue weighted by molar-refractivity contribution is 6.30. The van der Waals surface area contributed by atoms with Crippen LogP contribution in [0, 0.1) is 11.7 Å². The number of nitrogens with one attached hydrogen (secondary N) is 1. The summed E-state index contributed by atoms with van der Waals surface area (Å²) < 4.78 is 19.6. The van der Waals surface area contributed by atoms with E-state index < -0.39 is 0 Å². The first-order valence-electron chi connectivity index (χ1n) is 11.9. The second-order valence-corrected chi connectivity index (χ2v) is 9.67. The van der Waals surface area contributed by atoms with Crippen molar-refractivity contribution in [1.82, 2.24) is 10.2 Å². The zero-order chi connectivity index (χ0) is 24.4. The van der Waals surface area contributed by atoms with Gasteiger partial charge >= 0.3 is 0 Å². The molecular formula is C28H29ClFN3O2. The summed E-state index contributed by atoms with van der Waals surface area (Å²) in [5.74, 6) is 0.226. The van der Waals surface area contributed by atoms with Crippen LogP contribution in [0.1, 0.15) is 16.7 Å². The lowest BCUT2D eigenvalue weighted by Gasteiger charge is -2.49. The molecule has 5 rings (SSSR count). The van der Waals surface area contributed by atoms with Crippen LogP contribution in [-0.4, -0.2) is 43.6 Å². The summed E-state index contributed by atoms with van der Waals surface area (Å²) in [5, 5.41) is 3.73. The number of fused-ring (bicyclic) bond motifs is 3. The molecule has 1 fully saturated rings. The van der Waals surface area contributed by atoms with Crippen LogP contribution in [-0.2, 0) is 24.3 Å². The molecule has 0 saturated carbocycles. The molecule has 182 valence electrons. The Hall–Kier alpha value is -3.09. The minimum Gasteiger partial charge on any atom is -0.497 e. The number of halogens is 2. The van der Waals surface area contributed by atoms with Crippen molar-refractivity contribution < 1.29 is 13.9 Å². The average Bonchev–Trinajstić information content (AvgIpc) is 2.88. The molecule has 3 aromatic carbocycles. The standard InChI is InChI=1S/C28H29ClFN3O2/c1-35-23-11-8-20-14-24(28(34)31-16-21-4-2-3-5-25(21)30)27-18-32(12-13-33(27)26(20)15-23)17-19-6-9-22(29)10-7-19/h2-11,15,24,27H,12-14,16-18H2,1H3,(H,31,34)/t24-,27+/m1/s1. The molecule has 7 heteroatoms. The molecule has 1 saturated heterocycles. The summed E-state index contributed by atoms with van der Waals surface area (Å²) in [6.45, 7) is 3.45. The van der Waals surface area contributed by atoms with E-state index in [0.717, 1.165) is 48.2 Å². The third kappa shape index (κ3) is 5.14. The van der Waals surface area contributed by atoms with E-state index in [1.807, 2.05) is 30.3 Å². The molecule has 5 nitrogen and oxygen atoms in total. The number of amides is 1. The van der Waals surface area contributed by atoms with Crippen LogP contribution in [0.25, 0.3) is 0 Å². The minimum atomic E-state index is -0.303. The molecule has 0 aromatic heterocycles. The van der Waals surface area contributed by atoms with Crippen LogP contribution in [0.2, 0.25) is 5.02 Å². The minimum absolute atomic E-state index is 0.0104. The fourth-order valence-corrected chi connectivity index (χ4v) is 5.34. The Bertz CT molecular complexity index is 1200. The van der Waals surface area contributed by atoms with Crippen molar-refractivity contribution in [2.75, 3.05) is 31.6 Å². The number of methoxy groups -OCH3 is 1. The highest BCUT2D eigenvalue weighted by Crippen LogP contribution is 2.38. The van der Waals surface area contributed by atoms with E-state index in [2.05, 4.69) is 27.2 Å². The van der Waals surface area contributed by atoms with Crippen molar-refractivity contribution in [2.24, 2.45) is 5.92 Å². The predicted molar refractivity (Wildman–Crippen MR) is 136 cm³/mol. The van der Waals surface area contributed by atoms with Gasteiger partial charge in [0.15, 0.2) is 0 Å². The summed E-state index contributed by atoms with van der Waals surface area (Å²) in [4.78, 5) is 18.2. The summed E-state index contributed by atoms with van der Waals surface area (Å²) >= 11 is 6.06. The fourth-order valence-electron chi connectivity index (χ4n) is 5.21. The fraction of sp³-hybridized carbons (Fsp3) is 0.321. The smallest absolute Gasteiger partial charge is 0.225 e. The van der Waals surface area contributed by atoms with Gasteiger partial charge in [0.1, 0.15) is 11.6 Å². The van der Waals surface area contributed by atoms with Gasteiger partial charge in [0.05, 0.1) is 19.1 Å². The highest BCUT2D eigenvalue weighted by Gasteiger charge is 2.41. The Morgan fingerprint density at radius 3 is 2.69 bits per heavy atom. The van der Waals surface area contributed by atoms with E-state index >= 15 is 0 Å². The Morgan fingerprint density at radius 2 is 1.91 bits per heavy atom. The number of anilines is 1. The summed E-state index contributed by atoms with van der Waals surface area (Å²) in [6.07, 6.45) is 0.637. The maximum Gasteiger partial charge on any atom is 0.225 e. The largest absolute Gasteiger partial charge is 0.497 e. The van der Waals surface area contributed by atoms with Gasteiger partial charge < -0.3 is 15.0 Å². The summed E-state index contributed by atoms with van der Waals surface area (Å²) in [5.41, 5.74) is 3.96. The number of hydrogen-bond acceptors (Lipinski definition) is 4. The van der Waals surface area contributed by atoms with E-state index in [4.69, 9.17) is 16.3 Å². The van der Waals surface area contributed by atoms with Gasteiger partial charge in [-0.3, -0.25) is 9.69 Å². The van der Waals surface area contributed by atoms with Gasteiger partial charge in [0, 0.05) is 55.1 Å². The number of ether oxygens (including phenoxy) is 1. The number of carbonyl (C=O) groups is 1. The summed E-state index contributed by atoms with van der Waals surface area (Å²) in [6, 6.07) is 20.6. The normalized spacial score (nSPS) is 19.6. The van der Waals surface area contributed by atoms with Gasteiger partial charge in [-0.25, -0.2) is 4.39 Å². The van der Waals surface area contributed by atoms with E-state index in [1.54, 1.807) is 25.3 Å². The molecule has 0 aliphatic carbocycles. The van der Waals surface area contributed by atoms with Crippen LogP contribution in [0.15, 0.2) is 66.7 Å². The third-order valence-corrected chi connectivity index (χ3v) is 7.33. The Kier molecular flexibility index (Phi) is 6.93. The van der Waals surface area contributed by atoms with Crippen molar-refractivity contribution in [3.05, 3.63) is 94.3 Å². The first-order valence-corrected chi connectivity index (χ1v) is 12.3. The van der Waals surface area contributed by atoms with Crippen molar-refractivity contribution in [2.45, 2.75) is 25.6 Å². The third-order valence-electron chi connectivity index (χ3n) is 7.08. The van der Waals surface area contributed by atoms with Gasteiger partial charge in [-0.15, -0.1) is 0 Å². The molecule has 0 bridgehead atoms. The van der Waals surface area contributed by atoms with Crippen LogP contribution in [0.5, 0.6) is 5.75 Å². The lowest BCUT2D eigenvalue weighted by Crippen LogP contribution is -2.60. The second-order valence-electron chi connectivity index (χ2n) is 9.24. The van der Waals surface area contributed by atoms with Gasteiger partial charge in [0.2, 0.25) is 5.91 Å². The van der Waals surface area contributed by atoms with Crippen molar-refractivity contribution in [3.8, 4) is 5.75 Å².